The summed E-state index contributed by atoms with van der Waals surface area (Å²) in [6.45, 7) is 9.00. The summed E-state index contributed by atoms with van der Waals surface area (Å²) in [7, 11) is 0. The predicted molar refractivity (Wildman–Crippen MR) is 94.8 cm³/mol. The van der Waals surface area contributed by atoms with Gasteiger partial charge in [-0.15, -0.1) is 0 Å². The van der Waals surface area contributed by atoms with Gasteiger partial charge in [0.1, 0.15) is 11.7 Å². The highest BCUT2D eigenvalue weighted by atomic mass is 16.6. The third-order valence-corrected chi connectivity index (χ3v) is 5.67. The molecule has 140 valence electrons. The molecule has 0 spiro atoms. The van der Waals surface area contributed by atoms with E-state index in [4.69, 9.17) is 4.74 Å². The third-order valence-electron chi connectivity index (χ3n) is 5.67. The molecule has 5 heteroatoms. The van der Waals surface area contributed by atoms with E-state index in [2.05, 4.69) is 6.58 Å². The summed E-state index contributed by atoms with van der Waals surface area (Å²) in [4.78, 5) is 24.5. The second kappa shape index (κ2) is 7.42. The zero-order valence-electron chi connectivity index (χ0n) is 15.5. The summed E-state index contributed by atoms with van der Waals surface area (Å²) in [5, 5.41) is 21.3. The van der Waals surface area contributed by atoms with Crippen LogP contribution >= 0.6 is 0 Å². The molecule has 2 N–H and O–H groups in total. The zero-order chi connectivity index (χ0) is 18.8. The molecule has 0 unspecified atom stereocenters. The first-order valence-corrected chi connectivity index (χ1v) is 9.06. The van der Waals surface area contributed by atoms with Crippen LogP contribution in [0.5, 0.6) is 0 Å². The lowest BCUT2D eigenvalue weighted by molar-refractivity contribution is -0.168. The fraction of sp³-hybridized carbons (Fsp3) is 0.700. The Morgan fingerprint density at radius 1 is 1.20 bits per heavy atom. The normalized spacial score (nSPS) is 40.7. The first kappa shape index (κ1) is 19.9. The van der Waals surface area contributed by atoms with Crippen LogP contribution in [0.3, 0.4) is 0 Å². The lowest BCUT2D eigenvalue weighted by Gasteiger charge is -2.39. The second-order valence-corrected chi connectivity index (χ2v) is 8.03. The third kappa shape index (κ3) is 4.79. The Balaban J connectivity index is 2.27. The maximum absolute atomic E-state index is 12.3. The van der Waals surface area contributed by atoms with Crippen molar-refractivity contribution in [1.82, 2.24) is 0 Å². The minimum absolute atomic E-state index is 0.176. The van der Waals surface area contributed by atoms with Gasteiger partial charge in [-0.25, -0.2) is 4.79 Å². The predicted octanol–water partition coefficient (Wildman–Crippen LogP) is 2.85. The van der Waals surface area contributed by atoms with Gasteiger partial charge in [-0.1, -0.05) is 18.2 Å². The first-order valence-electron chi connectivity index (χ1n) is 9.06. The molecule has 2 bridgehead atoms. The number of allylic oxidation sites excluding steroid dienone is 2. The Kier molecular flexibility index (Phi) is 5.89. The molecule has 0 aromatic heterocycles. The Bertz CT molecular complexity index is 585. The van der Waals surface area contributed by atoms with E-state index in [-0.39, 0.29) is 18.1 Å². The van der Waals surface area contributed by atoms with Crippen molar-refractivity contribution in [2.45, 2.75) is 83.0 Å². The number of rotatable bonds is 0. The van der Waals surface area contributed by atoms with Crippen LogP contribution in [0.15, 0.2) is 23.8 Å². The topological polar surface area (TPSA) is 83.8 Å². The Morgan fingerprint density at radius 3 is 2.56 bits per heavy atom. The number of carbonyl (C=O) groups excluding carboxylic acids is 2. The number of carbonyl (C=O) groups is 2. The summed E-state index contributed by atoms with van der Waals surface area (Å²) < 4.78 is 5.41. The molecule has 4 atom stereocenters. The fourth-order valence-electron chi connectivity index (χ4n) is 3.54. The van der Waals surface area contributed by atoms with Crippen LogP contribution in [0.1, 0.15) is 65.7 Å². The van der Waals surface area contributed by atoms with Crippen LogP contribution in [-0.4, -0.2) is 39.3 Å². The molecule has 1 aliphatic heterocycles. The number of aliphatic hydroxyl groups is 2. The van der Waals surface area contributed by atoms with Crippen molar-refractivity contribution in [3.05, 3.63) is 23.8 Å². The smallest absolute Gasteiger partial charge is 0.334 e. The molecule has 5 nitrogen and oxygen atoms in total. The number of Topliss-reactive ketones (excluding diaryl/α,β-unsaturated/α-hetero) is 1. The number of esters is 1. The highest BCUT2D eigenvalue weighted by Crippen LogP contribution is 2.37. The van der Waals surface area contributed by atoms with Gasteiger partial charge in [-0.3, -0.25) is 4.79 Å². The minimum Gasteiger partial charge on any atom is -0.456 e. The molecule has 0 amide bonds. The molecule has 1 aliphatic carbocycles. The lowest BCUT2D eigenvalue weighted by Crippen LogP contribution is -2.47. The van der Waals surface area contributed by atoms with Crippen LogP contribution in [-0.2, 0) is 14.3 Å². The van der Waals surface area contributed by atoms with Gasteiger partial charge in [0.05, 0.1) is 5.60 Å². The maximum Gasteiger partial charge on any atom is 0.334 e. The molecule has 1 heterocycles. The van der Waals surface area contributed by atoms with E-state index < -0.39 is 23.3 Å². The van der Waals surface area contributed by atoms with Gasteiger partial charge < -0.3 is 14.9 Å². The minimum atomic E-state index is -1.41. The van der Waals surface area contributed by atoms with Gasteiger partial charge >= 0.3 is 5.97 Å². The highest BCUT2D eigenvalue weighted by molar-refractivity contribution is 5.89. The lowest BCUT2D eigenvalue weighted by atomic mass is 9.78. The van der Waals surface area contributed by atoms with Crippen molar-refractivity contribution >= 4 is 11.8 Å². The molecule has 25 heavy (non-hydrogen) atoms. The number of hydrogen-bond acceptors (Lipinski definition) is 5. The van der Waals surface area contributed by atoms with Crippen LogP contribution in [0, 0.1) is 5.92 Å². The van der Waals surface area contributed by atoms with Crippen LogP contribution in [0.2, 0.25) is 0 Å². The molecule has 0 aromatic carbocycles. The maximum atomic E-state index is 12.3. The van der Waals surface area contributed by atoms with Gasteiger partial charge in [-0.2, -0.15) is 0 Å². The quantitative estimate of drug-likeness (QED) is 0.399. The number of fused-ring (bicyclic) bond motifs is 2. The van der Waals surface area contributed by atoms with Gasteiger partial charge in [0.2, 0.25) is 0 Å². The van der Waals surface area contributed by atoms with E-state index in [1.807, 2.05) is 13.0 Å². The monoisotopic (exact) mass is 350 g/mol. The summed E-state index contributed by atoms with van der Waals surface area (Å²) in [6, 6.07) is 0. The SMILES string of the molecule is C=C1C(=O)O[C@@H]2C[C@H]1CC[C@@](C)(O)C(=O)CC/C(C)=C/CC[C@@]2(C)O. The van der Waals surface area contributed by atoms with E-state index in [9.17, 15) is 19.8 Å². The molecule has 2 aliphatic rings. The van der Waals surface area contributed by atoms with E-state index in [0.717, 1.165) is 5.57 Å². The van der Waals surface area contributed by atoms with E-state index >= 15 is 0 Å². The largest absolute Gasteiger partial charge is 0.456 e. The van der Waals surface area contributed by atoms with Crippen molar-refractivity contribution < 1.29 is 24.5 Å². The average Bonchev–Trinajstić information content (AvgIpc) is 2.52. The average molecular weight is 350 g/mol. The van der Waals surface area contributed by atoms with Crippen LogP contribution in [0.25, 0.3) is 0 Å². The standard InChI is InChI=1S/C20H30O5/c1-13-6-5-10-20(4,24)17-12-15(14(2)18(22)25-17)9-11-19(3,23)16(21)8-7-13/h6,15,17,23-24H,2,5,7-12H2,1,3-4H3/b13-6+/t15-,17-,19-,20-/m1/s1. The molecule has 0 saturated carbocycles. The number of ketones is 1. The highest BCUT2D eigenvalue weighted by Gasteiger charge is 2.42. The van der Waals surface area contributed by atoms with Crippen molar-refractivity contribution in [2.24, 2.45) is 5.92 Å². The van der Waals surface area contributed by atoms with Gasteiger partial charge in [0, 0.05) is 12.0 Å². The van der Waals surface area contributed by atoms with Gasteiger partial charge in [0.25, 0.3) is 0 Å². The Hall–Kier alpha value is -1.46. The summed E-state index contributed by atoms with van der Waals surface area (Å²) in [6.07, 6.45) is 4.61. The van der Waals surface area contributed by atoms with Crippen molar-refractivity contribution in [1.29, 1.82) is 0 Å². The first-order chi connectivity index (χ1) is 11.5. The van der Waals surface area contributed by atoms with Gasteiger partial charge in [-0.05, 0) is 65.2 Å². The number of hydrogen-bond donors (Lipinski definition) is 2. The molecule has 0 radical (unpaired) electrons. The summed E-state index contributed by atoms with van der Waals surface area (Å²) in [5.41, 5.74) is -1.11. The fourth-order valence-corrected chi connectivity index (χ4v) is 3.54. The van der Waals surface area contributed by atoms with E-state index in [1.54, 1.807) is 6.92 Å². The molecule has 1 fully saturated rings. The Morgan fingerprint density at radius 2 is 1.88 bits per heavy atom. The van der Waals surface area contributed by atoms with Gasteiger partial charge in [0.15, 0.2) is 5.78 Å². The van der Waals surface area contributed by atoms with Crippen molar-refractivity contribution in [3.8, 4) is 0 Å². The summed E-state index contributed by atoms with van der Waals surface area (Å²) in [5.74, 6) is -0.867. The molecule has 2 rings (SSSR count). The van der Waals surface area contributed by atoms with Crippen molar-refractivity contribution in [2.75, 3.05) is 0 Å². The number of ether oxygens (including phenoxy) is 1. The second-order valence-electron chi connectivity index (χ2n) is 8.03. The van der Waals surface area contributed by atoms with Crippen LogP contribution < -0.4 is 0 Å². The molecular formula is C20H30O5. The van der Waals surface area contributed by atoms with E-state index in [0.29, 0.717) is 44.1 Å². The molecule has 1 saturated heterocycles. The molecule has 0 aromatic rings. The summed E-state index contributed by atoms with van der Waals surface area (Å²) >= 11 is 0. The van der Waals surface area contributed by atoms with Crippen LogP contribution in [0.4, 0.5) is 0 Å². The van der Waals surface area contributed by atoms with Crippen molar-refractivity contribution in [3.63, 3.8) is 0 Å². The Labute approximate surface area is 149 Å². The van der Waals surface area contributed by atoms with E-state index in [1.165, 1.54) is 6.92 Å². The zero-order valence-corrected chi connectivity index (χ0v) is 15.5. The molecular weight excluding hydrogens is 320 g/mol.